The molecule has 0 bridgehead atoms. The molecule has 1 unspecified atom stereocenters. The van der Waals surface area contributed by atoms with Crippen LogP contribution in [-0.4, -0.2) is 40.4 Å². The molecule has 7 heteroatoms. The summed E-state index contributed by atoms with van der Waals surface area (Å²) in [6.45, 7) is 6.23. The lowest BCUT2D eigenvalue weighted by Gasteiger charge is -2.19. The second kappa shape index (κ2) is 8.73. The number of carbonyl (C=O) groups is 3. The summed E-state index contributed by atoms with van der Waals surface area (Å²) in [5.74, 6) is -1.37. The van der Waals surface area contributed by atoms with Gasteiger partial charge in [-0.3, -0.25) is 9.59 Å². The number of rotatable bonds is 8. The molecule has 0 fully saturated rings. The summed E-state index contributed by atoms with van der Waals surface area (Å²) in [6, 6.07) is 6.10. The van der Waals surface area contributed by atoms with Gasteiger partial charge in [0.05, 0.1) is 0 Å². The zero-order valence-corrected chi connectivity index (χ0v) is 15.0. The van der Waals surface area contributed by atoms with E-state index < -0.39 is 23.8 Å². The van der Waals surface area contributed by atoms with E-state index in [-0.39, 0.29) is 17.6 Å². The molecule has 0 saturated carbocycles. The Labute approximate surface area is 146 Å². The smallest absolute Gasteiger partial charge is 0.327 e. The molecular formula is C17H24N2O4S. The van der Waals surface area contributed by atoms with Crippen LogP contribution in [0.3, 0.4) is 0 Å². The van der Waals surface area contributed by atoms with Crippen molar-refractivity contribution in [1.29, 1.82) is 0 Å². The highest BCUT2D eigenvalue weighted by molar-refractivity contribution is 7.99. The molecule has 6 nitrogen and oxygen atoms in total. The van der Waals surface area contributed by atoms with Crippen LogP contribution in [0.15, 0.2) is 24.3 Å². The number of nitrogens with two attached hydrogens (primary N) is 1. The number of carboxylic acid groups (broad SMARTS) is 1. The number of amides is 2. The van der Waals surface area contributed by atoms with E-state index in [0.717, 1.165) is 5.56 Å². The third-order valence-electron chi connectivity index (χ3n) is 3.39. The quantitative estimate of drug-likeness (QED) is 0.618. The summed E-state index contributed by atoms with van der Waals surface area (Å²) in [7, 11) is 0. The van der Waals surface area contributed by atoms with Crippen LogP contribution in [0.5, 0.6) is 0 Å². The fourth-order valence-corrected chi connectivity index (χ4v) is 2.89. The van der Waals surface area contributed by atoms with E-state index >= 15 is 0 Å². The lowest BCUT2D eigenvalue weighted by molar-refractivity contribution is -0.138. The molecular weight excluding hydrogens is 328 g/mol. The Morgan fingerprint density at radius 2 is 1.79 bits per heavy atom. The second-order valence-electron chi connectivity index (χ2n) is 6.48. The molecule has 0 spiro atoms. The summed E-state index contributed by atoms with van der Waals surface area (Å²) >= 11 is 1.26. The molecule has 0 aliphatic carbocycles. The lowest BCUT2D eigenvalue weighted by atomic mass is 9.86. The highest BCUT2D eigenvalue weighted by Crippen LogP contribution is 2.22. The lowest BCUT2D eigenvalue weighted by Crippen LogP contribution is -2.42. The fraction of sp³-hybridized carbons (Fsp3) is 0.471. The van der Waals surface area contributed by atoms with Crippen LogP contribution >= 0.6 is 11.8 Å². The molecule has 1 aromatic carbocycles. The van der Waals surface area contributed by atoms with Gasteiger partial charge in [0.25, 0.3) is 5.91 Å². The van der Waals surface area contributed by atoms with Gasteiger partial charge in [-0.2, -0.15) is 11.8 Å². The third kappa shape index (κ3) is 6.62. The van der Waals surface area contributed by atoms with Gasteiger partial charge < -0.3 is 16.2 Å². The topological polar surface area (TPSA) is 109 Å². The Balaban J connectivity index is 2.64. The minimum Gasteiger partial charge on any atom is -0.480 e. The Hall–Kier alpha value is -2.02. The minimum absolute atomic E-state index is 0.0182. The van der Waals surface area contributed by atoms with Crippen LogP contribution in [0.2, 0.25) is 0 Å². The summed E-state index contributed by atoms with van der Waals surface area (Å²) in [5, 5.41) is 11.7. The molecule has 1 aromatic rings. The maximum atomic E-state index is 12.2. The van der Waals surface area contributed by atoms with Gasteiger partial charge in [-0.15, -0.1) is 0 Å². The average molecular weight is 352 g/mol. The molecule has 0 radical (unpaired) electrons. The number of carboxylic acids is 1. The first-order valence-corrected chi connectivity index (χ1v) is 8.77. The normalized spacial score (nSPS) is 12.5. The van der Waals surface area contributed by atoms with Crippen molar-refractivity contribution in [1.82, 2.24) is 5.32 Å². The number of hydrogen-bond acceptors (Lipinski definition) is 4. The second-order valence-corrected chi connectivity index (χ2v) is 7.63. The van der Waals surface area contributed by atoms with Crippen molar-refractivity contribution in [2.45, 2.75) is 38.6 Å². The molecule has 132 valence electrons. The number of benzene rings is 1. The van der Waals surface area contributed by atoms with Crippen LogP contribution in [0, 0.1) is 0 Å². The van der Waals surface area contributed by atoms with Gasteiger partial charge >= 0.3 is 5.97 Å². The van der Waals surface area contributed by atoms with E-state index in [9.17, 15) is 19.5 Å². The molecule has 24 heavy (non-hydrogen) atoms. The van der Waals surface area contributed by atoms with Crippen LogP contribution in [0.25, 0.3) is 0 Å². The summed E-state index contributed by atoms with van der Waals surface area (Å²) in [5.41, 5.74) is 6.52. The van der Waals surface area contributed by atoms with Crippen molar-refractivity contribution in [2.24, 2.45) is 5.73 Å². The third-order valence-corrected chi connectivity index (χ3v) is 4.46. The number of carbonyl (C=O) groups excluding carboxylic acids is 2. The Bertz CT molecular complexity index is 594. The number of thioether (sulfide) groups is 1. The van der Waals surface area contributed by atoms with Crippen LogP contribution in [0.1, 0.15) is 43.1 Å². The zero-order valence-electron chi connectivity index (χ0n) is 14.2. The van der Waals surface area contributed by atoms with E-state index in [1.807, 2.05) is 12.1 Å². The summed E-state index contributed by atoms with van der Waals surface area (Å²) in [4.78, 5) is 34.1. The standard InChI is InChI=1S/C17H24N2O4S/c1-17(2,3)12-6-4-11(5-7-12)15(21)19-13(16(22)23)10-24-9-8-14(18)20/h4-7,13H,8-10H2,1-3H3,(H2,18,20)(H,19,21)(H,22,23). The molecule has 0 saturated heterocycles. The Kier molecular flexibility index (Phi) is 7.28. The Morgan fingerprint density at radius 3 is 2.25 bits per heavy atom. The maximum absolute atomic E-state index is 12.2. The molecule has 1 rings (SSSR count). The van der Waals surface area contributed by atoms with Gasteiger partial charge in [-0.25, -0.2) is 4.79 Å². The number of hydrogen-bond donors (Lipinski definition) is 3. The van der Waals surface area contributed by atoms with E-state index in [1.165, 1.54) is 11.8 Å². The minimum atomic E-state index is -1.11. The monoisotopic (exact) mass is 352 g/mol. The van der Waals surface area contributed by atoms with Crippen LogP contribution < -0.4 is 11.1 Å². The first kappa shape index (κ1) is 20.0. The summed E-state index contributed by atoms with van der Waals surface area (Å²) < 4.78 is 0. The van der Waals surface area contributed by atoms with Crippen molar-refractivity contribution in [2.75, 3.05) is 11.5 Å². The highest BCUT2D eigenvalue weighted by Gasteiger charge is 2.21. The molecule has 1 atom stereocenters. The van der Waals surface area contributed by atoms with E-state index in [4.69, 9.17) is 5.73 Å². The van der Waals surface area contributed by atoms with Gasteiger partial charge in [0, 0.05) is 23.5 Å². The number of primary amides is 1. The predicted molar refractivity (Wildman–Crippen MR) is 95.2 cm³/mol. The molecule has 0 aliphatic rings. The number of nitrogens with one attached hydrogen (secondary N) is 1. The van der Waals surface area contributed by atoms with Crippen molar-refractivity contribution in [3.05, 3.63) is 35.4 Å². The van der Waals surface area contributed by atoms with Gasteiger partial charge in [-0.1, -0.05) is 32.9 Å². The van der Waals surface area contributed by atoms with Crippen molar-refractivity contribution < 1.29 is 19.5 Å². The molecule has 0 aromatic heterocycles. The first-order valence-electron chi connectivity index (χ1n) is 7.61. The van der Waals surface area contributed by atoms with Crippen molar-refractivity contribution in [3.63, 3.8) is 0 Å². The van der Waals surface area contributed by atoms with E-state index in [0.29, 0.717) is 11.3 Å². The maximum Gasteiger partial charge on any atom is 0.327 e. The predicted octanol–water partition coefficient (Wildman–Crippen LogP) is 1.78. The van der Waals surface area contributed by atoms with Gasteiger partial charge in [0.2, 0.25) is 5.91 Å². The average Bonchev–Trinajstić information content (AvgIpc) is 2.48. The van der Waals surface area contributed by atoms with E-state index in [2.05, 4.69) is 26.1 Å². The molecule has 0 heterocycles. The Morgan fingerprint density at radius 1 is 1.21 bits per heavy atom. The van der Waals surface area contributed by atoms with Gasteiger partial charge in [0.15, 0.2) is 0 Å². The first-order chi connectivity index (χ1) is 11.1. The van der Waals surface area contributed by atoms with Crippen molar-refractivity contribution >= 4 is 29.5 Å². The molecule has 0 aliphatic heterocycles. The molecule has 2 amide bonds. The SMILES string of the molecule is CC(C)(C)c1ccc(C(=O)NC(CSCCC(N)=O)C(=O)O)cc1. The van der Waals surface area contributed by atoms with Gasteiger partial charge in [0.1, 0.15) is 6.04 Å². The number of aliphatic carboxylic acids is 1. The largest absolute Gasteiger partial charge is 0.480 e. The molecule has 4 N–H and O–H groups in total. The summed E-state index contributed by atoms with van der Waals surface area (Å²) in [6.07, 6.45) is 0.180. The zero-order chi connectivity index (χ0) is 18.3. The van der Waals surface area contributed by atoms with Crippen LogP contribution in [-0.2, 0) is 15.0 Å². The highest BCUT2D eigenvalue weighted by atomic mass is 32.2. The van der Waals surface area contributed by atoms with Crippen LogP contribution in [0.4, 0.5) is 0 Å². The fourth-order valence-electron chi connectivity index (χ4n) is 1.91. The van der Waals surface area contributed by atoms with Gasteiger partial charge in [-0.05, 0) is 23.1 Å². The van der Waals surface area contributed by atoms with E-state index in [1.54, 1.807) is 12.1 Å². The van der Waals surface area contributed by atoms with Crippen molar-refractivity contribution in [3.8, 4) is 0 Å².